The van der Waals surface area contributed by atoms with Gasteiger partial charge in [-0.3, -0.25) is 14.5 Å². The maximum absolute atomic E-state index is 12.9. The lowest BCUT2D eigenvalue weighted by atomic mass is 10.0. The van der Waals surface area contributed by atoms with Crippen LogP contribution in [-0.2, 0) is 18.3 Å². The molecule has 1 saturated heterocycles. The van der Waals surface area contributed by atoms with E-state index in [1.807, 2.05) is 48.5 Å². The van der Waals surface area contributed by atoms with E-state index in [1.54, 1.807) is 0 Å². The van der Waals surface area contributed by atoms with Gasteiger partial charge in [0, 0.05) is 64.3 Å². The Kier molecular flexibility index (Phi) is 5.25. The minimum atomic E-state index is 0.156. The molecule has 6 heteroatoms. The summed E-state index contributed by atoms with van der Waals surface area (Å²) in [5.41, 5.74) is 2.55. The second-order valence-corrected chi connectivity index (χ2v) is 8.02. The molecule has 1 saturated carbocycles. The maximum Gasteiger partial charge on any atom is 0.226 e. The Hall–Kier alpha value is -2.21. The molecule has 0 unspecified atom stereocenters. The fourth-order valence-electron chi connectivity index (χ4n) is 4.28. The predicted molar refractivity (Wildman–Crippen MR) is 104 cm³/mol. The highest BCUT2D eigenvalue weighted by molar-refractivity contribution is 5.83. The van der Waals surface area contributed by atoms with Crippen molar-refractivity contribution < 1.29 is 4.79 Å². The number of likely N-dealkylation sites (tertiary alicyclic amines) is 1. The molecule has 0 bridgehead atoms. The van der Waals surface area contributed by atoms with E-state index >= 15 is 0 Å². The number of aryl methyl sites for hydroxylation is 1. The zero-order valence-electron chi connectivity index (χ0n) is 16.3. The fourth-order valence-corrected chi connectivity index (χ4v) is 4.28. The lowest BCUT2D eigenvalue weighted by Gasteiger charge is -2.37. The number of piperidine rings is 1. The first-order valence-corrected chi connectivity index (χ1v) is 9.98. The Bertz CT molecular complexity index is 766. The summed E-state index contributed by atoms with van der Waals surface area (Å²) < 4.78 is 1.82. The number of hydrogen-bond donors (Lipinski definition) is 0. The third-order valence-corrected chi connectivity index (χ3v) is 6.18. The first-order valence-electron chi connectivity index (χ1n) is 9.98. The van der Waals surface area contributed by atoms with Crippen LogP contribution in [0, 0.1) is 5.92 Å². The summed E-state index contributed by atoms with van der Waals surface area (Å²) in [6.07, 6.45) is 11.8. The van der Waals surface area contributed by atoms with Gasteiger partial charge >= 0.3 is 0 Å². The van der Waals surface area contributed by atoms with Gasteiger partial charge in [0.05, 0.1) is 6.20 Å². The van der Waals surface area contributed by atoms with Gasteiger partial charge in [-0.15, -0.1) is 0 Å². The number of carbonyl (C=O) groups is 1. The van der Waals surface area contributed by atoms with Crippen molar-refractivity contribution in [2.24, 2.45) is 13.0 Å². The fraction of sp³-hybridized carbons (Fsp3) is 0.571. The normalized spacial score (nSPS) is 23.3. The SMILES string of the molecule is CN(C(=O)[C@@H]1C[C@H]1c1cnn(C)c1)C1CCN(CCc2ccncc2)CC1. The van der Waals surface area contributed by atoms with Crippen LogP contribution >= 0.6 is 0 Å². The molecule has 2 aliphatic rings. The molecule has 1 amide bonds. The van der Waals surface area contributed by atoms with Crippen LogP contribution in [0.2, 0.25) is 0 Å². The van der Waals surface area contributed by atoms with Crippen LogP contribution in [0.5, 0.6) is 0 Å². The largest absolute Gasteiger partial charge is 0.342 e. The molecular formula is C21H29N5O. The van der Waals surface area contributed by atoms with Crippen molar-refractivity contribution in [2.45, 2.75) is 37.6 Å². The van der Waals surface area contributed by atoms with Gasteiger partial charge in [-0.25, -0.2) is 0 Å². The first-order chi connectivity index (χ1) is 13.1. The summed E-state index contributed by atoms with van der Waals surface area (Å²) in [6.45, 7) is 3.23. The highest BCUT2D eigenvalue weighted by Crippen LogP contribution is 2.48. The summed E-state index contributed by atoms with van der Waals surface area (Å²) >= 11 is 0. The first kappa shape index (κ1) is 18.2. The summed E-state index contributed by atoms with van der Waals surface area (Å²) in [5, 5.41) is 4.24. The summed E-state index contributed by atoms with van der Waals surface area (Å²) in [4.78, 5) is 21.5. The van der Waals surface area contributed by atoms with Crippen LogP contribution in [0.15, 0.2) is 36.9 Å². The molecule has 6 nitrogen and oxygen atoms in total. The predicted octanol–water partition coefficient (Wildman–Crippen LogP) is 2.08. The van der Waals surface area contributed by atoms with E-state index < -0.39 is 0 Å². The van der Waals surface area contributed by atoms with Gasteiger partial charge in [-0.05, 0) is 54.9 Å². The van der Waals surface area contributed by atoms with Crippen LogP contribution in [0.1, 0.15) is 36.3 Å². The van der Waals surface area contributed by atoms with Gasteiger partial charge in [0.25, 0.3) is 0 Å². The zero-order valence-corrected chi connectivity index (χ0v) is 16.3. The molecule has 2 atom stereocenters. The Morgan fingerprint density at radius 2 is 2.00 bits per heavy atom. The quantitative estimate of drug-likeness (QED) is 0.784. The Labute approximate surface area is 161 Å². The van der Waals surface area contributed by atoms with Gasteiger partial charge in [0.1, 0.15) is 0 Å². The number of nitrogens with zero attached hydrogens (tertiary/aromatic N) is 5. The molecule has 2 fully saturated rings. The number of amides is 1. The highest BCUT2D eigenvalue weighted by Gasteiger charge is 2.46. The van der Waals surface area contributed by atoms with Crippen molar-refractivity contribution in [1.82, 2.24) is 24.6 Å². The van der Waals surface area contributed by atoms with Crippen molar-refractivity contribution >= 4 is 5.91 Å². The third kappa shape index (κ3) is 4.21. The Morgan fingerprint density at radius 1 is 1.26 bits per heavy atom. The minimum Gasteiger partial charge on any atom is -0.342 e. The number of carbonyl (C=O) groups excluding carboxylic acids is 1. The molecule has 0 aromatic carbocycles. The summed E-state index contributed by atoms with van der Waals surface area (Å²) in [6, 6.07) is 4.56. The molecule has 2 aromatic heterocycles. The molecule has 3 heterocycles. The van der Waals surface area contributed by atoms with Crippen LogP contribution in [0.25, 0.3) is 0 Å². The number of pyridine rings is 1. The number of aromatic nitrogens is 3. The van der Waals surface area contributed by atoms with E-state index in [9.17, 15) is 4.79 Å². The molecule has 144 valence electrons. The topological polar surface area (TPSA) is 54.3 Å². The molecule has 2 aromatic rings. The van der Waals surface area contributed by atoms with Crippen LogP contribution < -0.4 is 0 Å². The van der Waals surface area contributed by atoms with Crippen LogP contribution in [0.3, 0.4) is 0 Å². The summed E-state index contributed by atoms with van der Waals surface area (Å²) in [7, 11) is 3.93. The van der Waals surface area contributed by atoms with Crippen molar-refractivity contribution in [1.29, 1.82) is 0 Å². The van der Waals surface area contributed by atoms with Crippen molar-refractivity contribution in [3.63, 3.8) is 0 Å². The van der Waals surface area contributed by atoms with E-state index in [1.165, 1.54) is 11.1 Å². The molecule has 0 radical (unpaired) electrons. The molecule has 4 rings (SSSR count). The molecular weight excluding hydrogens is 338 g/mol. The smallest absolute Gasteiger partial charge is 0.226 e. The van der Waals surface area contributed by atoms with Crippen molar-refractivity contribution in [3.05, 3.63) is 48.0 Å². The van der Waals surface area contributed by atoms with E-state index in [2.05, 4.69) is 27.1 Å². The average molecular weight is 367 g/mol. The average Bonchev–Trinajstić information content (AvgIpc) is 3.39. The molecule has 0 spiro atoms. The van der Waals surface area contributed by atoms with Crippen LogP contribution in [-0.4, -0.2) is 63.2 Å². The third-order valence-electron chi connectivity index (χ3n) is 6.18. The monoisotopic (exact) mass is 367 g/mol. The van der Waals surface area contributed by atoms with E-state index in [4.69, 9.17) is 0 Å². The van der Waals surface area contributed by atoms with E-state index in [0.717, 1.165) is 45.3 Å². The molecule has 1 aliphatic heterocycles. The Balaban J connectivity index is 1.23. The van der Waals surface area contributed by atoms with Crippen LogP contribution in [0.4, 0.5) is 0 Å². The molecule has 1 aliphatic carbocycles. The van der Waals surface area contributed by atoms with E-state index in [0.29, 0.717) is 17.9 Å². The van der Waals surface area contributed by atoms with Gasteiger partial charge in [-0.1, -0.05) is 0 Å². The van der Waals surface area contributed by atoms with E-state index in [-0.39, 0.29) is 5.92 Å². The molecule has 0 N–H and O–H groups in total. The second kappa shape index (κ2) is 7.80. The number of hydrogen-bond acceptors (Lipinski definition) is 4. The standard InChI is InChI=1S/C21H29N5O/c1-24-15-17(14-23-24)19-13-20(19)21(27)25(2)18-6-11-26(12-7-18)10-5-16-3-8-22-9-4-16/h3-4,8-9,14-15,18-20H,5-7,10-13H2,1-2H3/t19-,20+/m0/s1. The minimum absolute atomic E-state index is 0.156. The van der Waals surface area contributed by atoms with Gasteiger partial charge < -0.3 is 9.80 Å². The van der Waals surface area contributed by atoms with Gasteiger partial charge in [-0.2, -0.15) is 5.10 Å². The summed E-state index contributed by atoms with van der Waals surface area (Å²) in [5.74, 6) is 0.845. The lowest BCUT2D eigenvalue weighted by molar-refractivity contribution is -0.134. The van der Waals surface area contributed by atoms with Gasteiger partial charge in [0.2, 0.25) is 5.91 Å². The lowest BCUT2D eigenvalue weighted by Crippen LogP contribution is -2.46. The molecule has 27 heavy (non-hydrogen) atoms. The number of rotatable bonds is 6. The zero-order chi connectivity index (χ0) is 18.8. The van der Waals surface area contributed by atoms with Crippen molar-refractivity contribution in [3.8, 4) is 0 Å². The van der Waals surface area contributed by atoms with Gasteiger partial charge in [0.15, 0.2) is 0 Å². The van der Waals surface area contributed by atoms with Crippen molar-refractivity contribution in [2.75, 3.05) is 26.7 Å². The highest BCUT2D eigenvalue weighted by atomic mass is 16.2. The second-order valence-electron chi connectivity index (χ2n) is 8.02. The maximum atomic E-state index is 12.9. The Morgan fingerprint density at radius 3 is 2.67 bits per heavy atom.